The molecule has 0 aromatic heterocycles. The molecule has 0 radical (unpaired) electrons. The standard InChI is InChI=1S/C8H8.4Na.O4Si/c1-2-8-6-4-3-5-7-8;;;;;1-5(2,3)4/h2-7H,1H2;;;;;/q;4*+1;-4. The third-order valence-electron chi connectivity index (χ3n) is 1.04. The molecule has 1 rings (SSSR count). The van der Waals surface area contributed by atoms with E-state index in [9.17, 15) is 0 Å². The first-order chi connectivity index (χ1) is 5.93. The molecule has 0 heterocycles. The van der Waals surface area contributed by atoms with Crippen molar-refractivity contribution < 1.29 is 137 Å². The number of hydrogen-bond acceptors (Lipinski definition) is 4. The van der Waals surface area contributed by atoms with Crippen molar-refractivity contribution in [2.24, 2.45) is 0 Å². The summed E-state index contributed by atoms with van der Waals surface area (Å²) in [5.74, 6) is 0. The van der Waals surface area contributed by atoms with Gasteiger partial charge in [-0.2, -0.15) is 0 Å². The van der Waals surface area contributed by atoms with Gasteiger partial charge < -0.3 is 28.2 Å². The van der Waals surface area contributed by atoms with E-state index in [1.165, 1.54) is 5.56 Å². The average molecular weight is 288 g/mol. The maximum absolute atomic E-state index is 8.58. The molecule has 0 saturated carbocycles. The van der Waals surface area contributed by atoms with Gasteiger partial charge in [-0.3, -0.25) is 0 Å². The molecule has 72 valence electrons. The number of rotatable bonds is 1. The minimum Gasteiger partial charge on any atom is -0.894 e. The Morgan fingerprint density at radius 1 is 0.824 bits per heavy atom. The zero-order valence-corrected chi connectivity index (χ0v) is 19.8. The van der Waals surface area contributed by atoms with Crippen molar-refractivity contribution in [1.82, 2.24) is 0 Å². The summed E-state index contributed by atoms with van der Waals surface area (Å²) in [5.41, 5.74) is 1.17. The van der Waals surface area contributed by atoms with Crippen LogP contribution in [-0.2, 0) is 0 Å². The van der Waals surface area contributed by atoms with E-state index in [1.807, 2.05) is 36.4 Å². The summed E-state index contributed by atoms with van der Waals surface area (Å²) >= 11 is 0. The summed E-state index contributed by atoms with van der Waals surface area (Å²) in [6, 6.07) is 10.0. The van der Waals surface area contributed by atoms with Gasteiger partial charge in [0.05, 0.1) is 0 Å². The van der Waals surface area contributed by atoms with Gasteiger partial charge in [-0.15, -0.1) is 0 Å². The second kappa shape index (κ2) is 19.0. The van der Waals surface area contributed by atoms with Gasteiger partial charge >= 0.3 is 118 Å². The molecule has 0 N–H and O–H groups in total. The van der Waals surface area contributed by atoms with Crippen molar-refractivity contribution in [2.75, 3.05) is 0 Å². The van der Waals surface area contributed by atoms with Crippen LogP contribution >= 0.6 is 0 Å². The van der Waals surface area contributed by atoms with Crippen LogP contribution in [0.2, 0.25) is 0 Å². The summed E-state index contributed by atoms with van der Waals surface area (Å²) < 4.78 is 0. The Labute approximate surface area is 191 Å². The van der Waals surface area contributed by atoms with Gasteiger partial charge in [0.15, 0.2) is 0 Å². The molecule has 0 aliphatic rings. The van der Waals surface area contributed by atoms with Crippen LogP contribution in [0.4, 0.5) is 0 Å². The van der Waals surface area contributed by atoms with Crippen molar-refractivity contribution in [3.05, 3.63) is 42.5 Å². The van der Waals surface area contributed by atoms with Crippen LogP contribution in [0, 0.1) is 0 Å². The van der Waals surface area contributed by atoms with Crippen molar-refractivity contribution in [3.63, 3.8) is 0 Å². The van der Waals surface area contributed by atoms with Crippen molar-refractivity contribution in [3.8, 4) is 0 Å². The molecule has 17 heavy (non-hydrogen) atoms. The fourth-order valence-electron chi connectivity index (χ4n) is 0.589. The monoisotopic (exact) mass is 288 g/mol. The van der Waals surface area contributed by atoms with Crippen LogP contribution in [0.25, 0.3) is 6.08 Å². The van der Waals surface area contributed by atoms with Gasteiger partial charge in [0.25, 0.3) is 0 Å². The zero-order chi connectivity index (χ0) is 10.3. The molecular formula is C8H8Na4O4Si. The second-order valence-electron chi connectivity index (χ2n) is 2.11. The maximum Gasteiger partial charge on any atom is 1.00 e. The van der Waals surface area contributed by atoms with E-state index in [0.29, 0.717) is 0 Å². The smallest absolute Gasteiger partial charge is 0.894 e. The van der Waals surface area contributed by atoms with E-state index in [4.69, 9.17) is 19.2 Å². The molecule has 0 atom stereocenters. The van der Waals surface area contributed by atoms with Gasteiger partial charge in [-0.1, -0.05) is 43.0 Å². The first-order valence-corrected chi connectivity index (χ1v) is 5.06. The molecule has 0 saturated heterocycles. The van der Waals surface area contributed by atoms with Crippen LogP contribution in [0.15, 0.2) is 36.9 Å². The van der Waals surface area contributed by atoms with E-state index in [-0.39, 0.29) is 118 Å². The Morgan fingerprint density at radius 2 is 1.12 bits per heavy atom. The molecule has 0 spiro atoms. The fourth-order valence-corrected chi connectivity index (χ4v) is 0.589. The Balaban J connectivity index is -0.0000000489. The summed E-state index contributed by atoms with van der Waals surface area (Å²) in [6.45, 7) is 3.63. The number of benzene rings is 1. The first-order valence-electron chi connectivity index (χ1n) is 3.42. The summed E-state index contributed by atoms with van der Waals surface area (Å²) in [7, 11) is -5.61. The summed E-state index contributed by atoms with van der Waals surface area (Å²) in [5, 5.41) is 0. The van der Waals surface area contributed by atoms with Crippen LogP contribution in [0.3, 0.4) is 0 Å². The SMILES string of the molecule is C=Cc1ccccc1.[Na+].[Na+].[Na+].[Na+].[O-][Si]([O-])([O-])[O-]. The van der Waals surface area contributed by atoms with Gasteiger partial charge in [-0.25, -0.2) is 0 Å². The van der Waals surface area contributed by atoms with Gasteiger partial charge in [0.2, 0.25) is 0 Å². The third kappa shape index (κ3) is 32.5. The van der Waals surface area contributed by atoms with E-state index < -0.39 is 9.05 Å². The van der Waals surface area contributed by atoms with E-state index >= 15 is 0 Å². The molecule has 4 nitrogen and oxygen atoms in total. The molecule has 0 fully saturated rings. The molecule has 1 aromatic carbocycles. The molecular weight excluding hydrogens is 280 g/mol. The van der Waals surface area contributed by atoms with E-state index in [1.54, 1.807) is 0 Å². The van der Waals surface area contributed by atoms with Gasteiger partial charge in [-0.05, 0) is 5.56 Å². The third-order valence-corrected chi connectivity index (χ3v) is 1.04. The van der Waals surface area contributed by atoms with Crippen molar-refractivity contribution in [2.45, 2.75) is 0 Å². The Kier molecular flexibility index (Phi) is 35.9. The average Bonchev–Trinajstić information content (AvgIpc) is 2.03. The summed E-state index contributed by atoms with van der Waals surface area (Å²) in [4.78, 5) is 34.3. The van der Waals surface area contributed by atoms with Crippen LogP contribution < -0.4 is 137 Å². The van der Waals surface area contributed by atoms with Gasteiger partial charge in [0.1, 0.15) is 0 Å². The Morgan fingerprint density at radius 3 is 1.29 bits per heavy atom. The van der Waals surface area contributed by atoms with E-state index in [0.717, 1.165) is 0 Å². The zero-order valence-electron chi connectivity index (χ0n) is 10.8. The second-order valence-corrected chi connectivity index (χ2v) is 3.11. The predicted octanol–water partition coefficient (Wildman–Crippen LogP) is -14.8. The molecule has 0 aliphatic heterocycles. The number of hydrogen-bond donors (Lipinski definition) is 0. The predicted molar refractivity (Wildman–Crippen MR) is 42.3 cm³/mol. The largest absolute Gasteiger partial charge is 1.00 e. The quantitative estimate of drug-likeness (QED) is 0.480. The molecule has 9 heteroatoms. The minimum absolute atomic E-state index is 0. The van der Waals surface area contributed by atoms with Crippen molar-refractivity contribution >= 4 is 15.1 Å². The fraction of sp³-hybridized carbons (Fsp3) is 0. The molecule has 0 aliphatic carbocycles. The van der Waals surface area contributed by atoms with Crippen LogP contribution in [-0.4, -0.2) is 9.05 Å². The van der Waals surface area contributed by atoms with Gasteiger partial charge in [0, 0.05) is 0 Å². The minimum atomic E-state index is -5.61. The van der Waals surface area contributed by atoms with Crippen molar-refractivity contribution in [1.29, 1.82) is 0 Å². The van der Waals surface area contributed by atoms with Crippen LogP contribution in [0.1, 0.15) is 5.56 Å². The van der Waals surface area contributed by atoms with E-state index in [2.05, 4.69) is 6.58 Å². The normalized spacial score (nSPS) is 7.53. The molecule has 0 amide bonds. The Hall–Kier alpha value is 3.02. The summed E-state index contributed by atoms with van der Waals surface area (Å²) in [6.07, 6.45) is 1.83. The molecule has 0 unspecified atom stereocenters. The topological polar surface area (TPSA) is 92.2 Å². The maximum atomic E-state index is 8.58. The Bertz CT molecular complexity index is 249. The van der Waals surface area contributed by atoms with Crippen LogP contribution in [0.5, 0.6) is 0 Å². The molecule has 1 aromatic rings. The molecule has 0 bridgehead atoms. The first kappa shape index (κ1) is 32.1.